The number of nitrogens with one attached hydrogen (secondary N) is 2. The fraction of sp³-hybridized carbons (Fsp3) is 0.529. The molecule has 23 heavy (non-hydrogen) atoms. The second kappa shape index (κ2) is 8.50. The highest BCUT2D eigenvalue weighted by Gasteiger charge is 2.19. The van der Waals surface area contributed by atoms with Gasteiger partial charge < -0.3 is 16.4 Å². The van der Waals surface area contributed by atoms with Crippen molar-refractivity contribution in [3.8, 4) is 0 Å². The van der Waals surface area contributed by atoms with Crippen LogP contribution in [0.1, 0.15) is 37.7 Å². The maximum Gasteiger partial charge on any atom is 0.315 e. The zero-order chi connectivity index (χ0) is 16.7. The van der Waals surface area contributed by atoms with Gasteiger partial charge in [-0.3, -0.25) is 4.79 Å². The summed E-state index contributed by atoms with van der Waals surface area (Å²) >= 11 is 0. The van der Waals surface area contributed by atoms with Crippen LogP contribution < -0.4 is 16.4 Å². The van der Waals surface area contributed by atoms with Crippen molar-refractivity contribution in [3.05, 3.63) is 35.6 Å². The third-order valence-electron chi connectivity index (χ3n) is 4.25. The van der Waals surface area contributed by atoms with E-state index in [1.807, 2.05) is 0 Å². The van der Waals surface area contributed by atoms with Gasteiger partial charge in [0.2, 0.25) is 5.91 Å². The van der Waals surface area contributed by atoms with E-state index in [0.717, 1.165) is 31.2 Å². The van der Waals surface area contributed by atoms with Crippen molar-refractivity contribution < 1.29 is 14.0 Å². The first-order valence-electron chi connectivity index (χ1n) is 8.12. The number of hydrogen-bond donors (Lipinski definition) is 3. The summed E-state index contributed by atoms with van der Waals surface area (Å²) in [5, 5.41) is 5.65. The summed E-state index contributed by atoms with van der Waals surface area (Å²) in [6.07, 6.45) is 5.88. The fourth-order valence-electron chi connectivity index (χ4n) is 2.88. The zero-order valence-corrected chi connectivity index (χ0v) is 13.2. The van der Waals surface area contributed by atoms with Crippen LogP contribution in [-0.4, -0.2) is 24.5 Å². The predicted octanol–water partition coefficient (Wildman–Crippen LogP) is 2.10. The third kappa shape index (κ3) is 5.88. The van der Waals surface area contributed by atoms with Gasteiger partial charge >= 0.3 is 6.03 Å². The Hall–Kier alpha value is -2.11. The molecule has 5 nitrogen and oxygen atoms in total. The summed E-state index contributed by atoms with van der Waals surface area (Å²) < 4.78 is 12.9. The number of amides is 3. The molecule has 1 aliphatic rings. The molecule has 1 saturated carbocycles. The standard InChI is InChI=1S/C17H24FN3O2/c18-14-8-6-12(7-9-14)10-13(16(19)22)11-20-17(23)21-15-4-2-1-3-5-15/h6-9,13,15H,1-5,10-11H2,(H2,19,22)(H2,20,21,23)/t13-/m0/s1. The average molecular weight is 321 g/mol. The van der Waals surface area contributed by atoms with Gasteiger partial charge in [0, 0.05) is 12.6 Å². The van der Waals surface area contributed by atoms with Crippen LogP contribution in [0, 0.1) is 11.7 Å². The van der Waals surface area contributed by atoms with E-state index < -0.39 is 11.8 Å². The summed E-state index contributed by atoms with van der Waals surface area (Å²) in [5.74, 6) is -1.32. The minimum Gasteiger partial charge on any atom is -0.369 e. The molecule has 2 rings (SSSR count). The van der Waals surface area contributed by atoms with Crippen LogP contribution in [0.3, 0.4) is 0 Å². The average Bonchev–Trinajstić information content (AvgIpc) is 2.54. The number of urea groups is 1. The lowest BCUT2D eigenvalue weighted by Gasteiger charge is -2.23. The van der Waals surface area contributed by atoms with E-state index in [0.29, 0.717) is 6.42 Å². The molecule has 1 fully saturated rings. The van der Waals surface area contributed by atoms with Gasteiger partial charge in [-0.25, -0.2) is 9.18 Å². The lowest BCUT2D eigenvalue weighted by Crippen LogP contribution is -2.46. The number of primary amides is 1. The summed E-state index contributed by atoms with van der Waals surface area (Å²) in [5.41, 5.74) is 6.21. The summed E-state index contributed by atoms with van der Waals surface area (Å²) in [4.78, 5) is 23.5. The maximum atomic E-state index is 12.9. The maximum absolute atomic E-state index is 12.9. The molecule has 3 amide bonds. The lowest BCUT2D eigenvalue weighted by atomic mass is 9.96. The van der Waals surface area contributed by atoms with E-state index in [2.05, 4.69) is 10.6 Å². The molecule has 6 heteroatoms. The smallest absolute Gasteiger partial charge is 0.315 e. The van der Waals surface area contributed by atoms with Crippen molar-refractivity contribution in [2.75, 3.05) is 6.54 Å². The predicted molar refractivity (Wildman–Crippen MR) is 86.2 cm³/mol. The Kier molecular flexibility index (Phi) is 6.38. The molecule has 0 aliphatic heterocycles. The highest BCUT2D eigenvalue weighted by molar-refractivity contribution is 5.79. The van der Waals surface area contributed by atoms with Gasteiger partial charge in [-0.05, 0) is 37.0 Å². The Morgan fingerprint density at radius 2 is 1.83 bits per heavy atom. The van der Waals surface area contributed by atoms with Crippen LogP contribution in [0.25, 0.3) is 0 Å². The molecule has 0 unspecified atom stereocenters. The van der Waals surface area contributed by atoms with Crippen LogP contribution in [0.15, 0.2) is 24.3 Å². The molecule has 0 spiro atoms. The van der Waals surface area contributed by atoms with Gasteiger partial charge in [-0.2, -0.15) is 0 Å². The highest BCUT2D eigenvalue weighted by atomic mass is 19.1. The molecule has 1 aromatic rings. The Morgan fingerprint density at radius 3 is 2.43 bits per heavy atom. The van der Waals surface area contributed by atoms with Crippen molar-refractivity contribution in [1.82, 2.24) is 10.6 Å². The van der Waals surface area contributed by atoms with Crippen molar-refractivity contribution in [2.24, 2.45) is 11.7 Å². The number of hydrogen-bond acceptors (Lipinski definition) is 2. The molecule has 0 bridgehead atoms. The summed E-state index contributed by atoms with van der Waals surface area (Å²) in [6, 6.07) is 5.88. The molecule has 1 aromatic carbocycles. The van der Waals surface area contributed by atoms with E-state index in [9.17, 15) is 14.0 Å². The van der Waals surface area contributed by atoms with Crippen LogP contribution in [0.2, 0.25) is 0 Å². The molecule has 4 N–H and O–H groups in total. The molecule has 0 aromatic heterocycles. The minimum absolute atomic E-state index is 0.172. The zero-order valence-electron chi connectivity index (χ0n) is 13.2. The molecule has 0 radical (unpaired) electrons. The quantitative estimate of drug-likeness (QED) is 0.749. The number of carbonyl (C=O) groups is 2. The SMILES string of the molecule is NC(=O)[C@H](CNC(=O)NC1CCCCC1)Cc1ccc(F)cc1. The van der Waals surface area contributed by atoms with Crippen molar-refractivity contribution in [2.45, 2.75) is 44.6 Å². The van der Waals surface area contributed by atoms with Crippen molar-refractivity contribution in [1.29, 1.82) is 0 Å². The number of halogens is 1. The van der Waals surface area contributed by atoms with Crippen LogP contribution in [-0.2, 0) is 11.2 Å². The van der Waals surface area contributed by atoms with Crippen molar-refractivity contribution >= 4 is 11.9 Å². The molecular weight excluding hydrogens is 297 g/mol. The van der Waals surface area contributed by atoms with Crippen LogP contribution >= 0.6 is 0 Å². The van der Waals surface area contributed by atoms with Crippen molar-refractivity contribution in [3.63, 3.8) is 0 Å². The second-order valence-corrected chi connectivity index (χ2v) is 6.12. The minimum atomic E-state index is -0.516. The Bertz CT molecular complexity index is 527. The lowest BCUT2D eigenvalue weighted by molar-refractivity contribution is -0.121. The number of benzene rings is 1. The van der Waals surface area contributed by atoms with Gasteiger partial charge in [0.05, 0.1) is 5.92 Å². The van der Waals surface area contributed by atoms with E-state index in [-0.39, 0.29) is 24.4 Å². The van der Waals surface area contributed by atoms with Crippen LogP contribution in [0.4, 0.5) is 9.18 Å². The highest BCUT2D eigenvalue weighted by Crippen LogP contribution is 2.17. The summed E-state index contributed by atoms with van der Waals surface area (Å²) in [6.45, 7) is 0.172. The van der Waals surface area contributed by atoms with Gasteiger partial charge in [0.15, 0.2) is 0 Å². The van der Waals surface area contributed by atoms with E-state index >= 15 is 0 Å². The Morgan fingerprint density at radius 1 is 1.17 bits per heavy atom. The normalized spacial score (nSPS) is 16.6. The van der Waals surface area contributed by atoms with Gasteiger partial charge in [0.25, 0.3) is 0 Å². The number of rotatable bonds is 6. The third-order valence-corrected chi connectivity index (χ3v) is 4.25. The molecule has 126 valence electrons. The number of carbonyl (C=O) groups excluding carboxylic acids is 2. The van der Waals surface area contributed by atoms with Crippen LogP contribution in [0.5, 0.6) is 0 Å². The van der Waals surface area contributed by atoms with E-state index in [4.69, 9.17) is 5.73 Å². The molecule has 0 saturated heterocycles. The Labute approximate surface area is 135 Å². The topological polar surface area (TPSA) is 84.2 Å². The van der Waals surface area contributed by atoms with Gasteiger partial charge in [-0.15, -0.1) is 0 Å². The largest absolute Gasteiger partial charge is 0.369 e. The van der Waals surface area contributed by atoms with Gasteiger partial charge in [-0.1, -0.05) is 31.4 Å². The summed E-state index contributed by atoms with van der Waals surface area (Å²) in [7, 11) is 0. The van der Waals surface area contributed by atoms with E-state index in [1.165, 1.54) is 18.6 Å². The van der Waals surface area contributed by atoms with E-state index in [1.54, 1.807) is 12.1 Å². The Balaban J connectivity index is 1.80. The first kappa shape index (κ1) is 17.2. The molecule has 0 heterocycles. The molecular formula is C17H24FN3O2. The monoisotopic (exact) mass is 321 g/mol. The fourth-order valence-corrected chi connectivity index (χ4v) is 2.88. The first-order chi connectivity index (χ1) is 11.0. The second-order valence-electron chi connectivity index (χ2n) is 6.12. The first-order valence-corrected chi connectivity index (χ1v) is 8.12. The number of nitrogens with two attached hydrogens (primary N) is 1. The molecule has 1 aliphatic carbocycles. The molecule has 1 atom stereocenters. The van der Waals surface area contributed by atoms with Gasteiger partial charge in [0.1, 0.15) is 5.82 Å².